The van der Waals surface area contributed by atoms with Crippen molar-refractivity contribution < 1.29 is 9.18 Å². The lowest BCUT2D eigenvalue weighted by atomic mass is 9.88. The summed E-state index contributed by atoms with van der Waals surface area (Å²) in [6, 6.07) is 6.78. The van der Waals surface area contributed by atoms with Gasteiger partial charge in [-0.1, -0.05) is 26.0 Å². The topological polar surface area (TPSA) is 44.4 Å². The van der Waals surface area contributed by atoms with Crippen LogP contribution in [0, 0.1) is 17.7 Å². The standard InChI is InChI=1S/C20H30FN3OS/c1-13(2)8-9-22-19(25)18-12-24(20(26)23-14(3)4)11-17(18)15-6-5-7-16(21)10-15/h5-7,10,13-14,17-18H,8-9,11-12H2,1-4H3,(H,22,25)(H,23,26)/t17-,18-/m0/s1. The van der Waals surface area contributed by atoms with Crippen molar-refractivity contribution in [2.75, 3.05) is 19.6 Å². The van der Waals surface area contributed by atoms with Gasteiger partial charge in [-0.05, 0) is 56.1 Å². The Balaban J connectivity index is 2.14. The molecule has 4 nitrogen and oxygen atoms in total. The molecule has 144 valence electrons. The van der Waals surface area contributed by atoms with Crippen molar-refractivity contribution in [3.05, 3.63) is 35.6 Å². The van der Waals surface area contributed by atoms with Crippen LogP contribution in [0.15, 0.2) is 24.3 Å². The minimum atomic E-state index is -0.275. The second-order valence-electron chi connectivity index (χ2n) is 7.75. The summed E-state index contributed by atoms with van der Waals surface area (Å²) in [5.41, 5.74) is 0.851. The largest absolute Gasteiger partial charge is 0.360 e. The predicted octanol–water partition coefficient (Wildman–Crippen LogP) is 3.29. The first kappa shape index (κ1) is 20.6. The Morgan fingerprint density at radius 3 is 2.65 bits per heavy atom. The van der Waals surface area contributed by atoms with E-state index in [2.05, 4.69) is 24.5 Å². The highest BCUT2D eigenvalue weighted by Crippen LogP contribution is 2.33. The Labute approximate surface area is 161 Å². The van der Waals surface area contributed by atoms with E-state index in [9.17, 15) is 9.18 Å². The molecule has 26 heavy (non-hydrogen) atoms. The van der Waals surface area contributed by atoms with Crippen molar-refractivity contribution in [1.29, 1.82) is 0 Å². The number of hydrogen-bond donors (Lipinski definition) is 2. The fourth-order valence-electron chi connectivity index (χ4n) is 3.26. The Morgan fingerprint density at radius 1 is 1.31 bits per heavy atom. The Hall–Kier alpha value is -1.69. The lowest BCUT2D eigenvalue weighted by molar-refractivity contribution is -0.124. The van der Waals surface area contributed by atoms with Crippen molar-refractivity contribution in [3.63, 3.8) is 0 Å². The maximum absolute atomic E-state index is 13.7. The second kappa shape index (κ2) is 9.31. The summed E-state index contributed by atoms with van der Waals surface area (Å²) in [4.78, 5) is 14.8. The zero-order valence-corrected chi connectivity index (χ0v) is 16.9. The monoisotopic (exact) mass is 379 g/mol. The number of nitrogens with zero attached hydrogens (tertiary/aromatic N) is 1. The molecule has 2 N–H and O–H groups in total. The van der Waals surface area contributed by atoms with Crippen molar-refractivity contribution in [2.45, 2.75) is 46.1 Å². The van der Waals surface area contributed by atoms with Crippen LogP contribution in [0.5, 0.6) is 0 Å². The zero-order valence-electron chi connectivity index (χ0n) is 16.1. The molecule has 0 radical (unpaired) electrons. The highest BCUT2D eigenvalue weighted by atomic mass is 32.1. The predicted molar refractivity (Wildman–Crippen MR) is 108 cm³/mol. The molecule has 0 spiro atoms. The molecule has 6 heteroatoms. The van der Waals surface area contributed by atoms with Gasteiger partial charge in [0.05, 0.1) is 5.92 Å². The van der Waals surface area contributed by atoms with Crippen LogP contribution in [0.1, 0.15) is 45.6 Å². The van der Waals surface area contributed by atoms with E-state index < -0.39 is 0 Å². The van der Waals surface area contributed by atoms with Gasteiger partial charge in [0.2, 0.25) is 5.91 Å². The smallest absolute Gasteiger partial charge is 0.225 e. The average Bonchev–Trinajstić information content (AvgIpc) is 2.99. The number of likely N-dealkylation sites (tertiary alicyclic amines) is 1. The van der Waals surface area contributed by atoms with Gasteiger partial charge in [0.25, 0.3) is 0 Å². The Kier molecular flexibility index (Phi) is 7.38. The van der Waals surface area contributed by atoms with Gasteiger partial charge in [0.15, 0.2) is 5.11 Å². The fraction of sp³-hybridized carbons (Fsp3) is 0.600. The minimum absolute atomic E-state index is 0.0229. The van der Waals surface area contributed by atoms with E-state index in [1.807, 2.05) is 24.8 Å². The molecule has 0 unspecified atom stereocenters. The molecule has 0 aromatic heterocycles. The summed E-state index contributed by atoms with van der Waals surface area (Å²) in [6.45, 7) is 10.2. The van der Waals surface area contributed by atoms with Crippen LogP contribution in [-0.4, -0.2) is 41.6 Å². The number of carbonyl (C=O) groups excluding carboxylic acids is 1. The first-order valence-corrected chi connectivity index (χ1v) is 9.77. The van der Waals surface area contributed by atoms with E-state index in [-0.39, 0.29) is 29.6 Å². The van der Waals surface area contributed by atoms with Crippen molar-refractivity contribution in [1.82, 2.24) is 15.5 Å². The number of amides is 1. The van der Waals surface area contributed by atoms with Crippen molar-refractivity contribution in [2.24, 2.45) is 11.8 Å². The molecular formula is C20H30FN3OS. The maximum Gasteiger partial charge on any atom is 0.225 e. The van der Waals surface area contributed by atoms with Crippen LogP contribution in [-0.2, 0) is 4.79 Å². The van der Waals surface area contributed by atoms with Crippen molar-refractivity contribution in [3.8, 4) is 0 Å². The minimum Gasteiger partial charge on any atom is -0.360 e. The molecule has 1 heterocycles. The third-order valence-electron chi connectivity index (χ3n) is 4.65. The number of hydrogen-bond acceptors (Lipinski definition) is 2. The molecule has 0 bridgehead atoms. The van der Waals surface area contributed by atoms with Gasteiger partial charge in [-0.25, -0.2) is 4.39 Å². The van der Waals surface area contributed by atoms with Gasteiger partial charge in [-0.3, -0.25) is 4.79 Å². The number of thiocarbonyl (C=S) groups is 1. The normalized spacial score (nSPS) is 19.9. The molecule has 0 aliphatic carbocycles. The second-order valence-corrected chi connectivity index (χ2v) is 8.14. The molecule has 1 aromatic rings. The van der Waals surface area contributed by atoms with Gasteiger partial charge in [-0.15, -0.1) is 0 Å². The quantitative estimate of drug-likeness (QED) is 0.745. The number of rotatable bonds is 6. The SMILES string of the molecule is CC(C)CCNC(=O)[C@H]1CN(C(=S)NC(C)C)C[C@H]1c1cccc(F)c1. The van der Waals surface area contributed by atoms with Crippen LogP contribution in [0.4, 0.5) is 4.39 Å². The number of halogens is 1. The van der Waals surface area contributed by atoms with Crippen LogP contribution in [0.3, 0.4) is 0 Å². The fourth-order valence-corrected chi connectivity index (χ4v) is 3.65. The van der Waals surface area contributed by atoms with E-state index in [1.54, 1.807) is 6.07 Å². The van der Waals surface area contributed by atoms with Crippen LogP contribution < -0.4 is 10.6 Å². The third kappa shape index (κ3) is 5.66. The average molecular weight is 380 g/mol. The maximum atomic E-state index is 13.7. The summed E-state index contributed by atoms with van der Waals surface area (Å²) in [7, 11) is 0. The molecular weight excluding hydrogens is 349 g/mol. The van der Waals surface area contributed by atoms with E-state index in [1.165, 1.54) is 12.1 Å². The molecule has 2 rings (SSSR count). The molecule has 0 saturated carbocycles. The van der Waals surface area contributed by atoms with Crippen molar-refractivity contribution >= 4 is 23.2 Å². The first-order valence-electron chi connectivity index (χ1n) is 9.36. The Morgan fingerprint density at radius 2 is 2.04 bits per heavy atom. The molecule has 1 fully saturated rings. The van der Waals surface area contributed by atoms with Gasteiger partial charge in [0.1, 0.15) is 5.82 Å². The number of nitrogens with one attached hydrogen (secondary N) is 2. The van der Waals surface area contributed by atoms with E-state index >= 15 is 0 Å². The zero-order chi connectivity index (χ0) is 19.3. The van der Waals surface area contributed by atoms with Crippen LogP contribution in [0.2, 0.25) is 0 Å². The lowest BCUT2D eigenvalue weighted by Gasteiger charge is -2.22. The lowest BCUT2D eigenvalue weighted by Crippen LogP contribution is -2.42. The highest BCUT2D eigenvalue weighted by molar-refractivity contribution is 7.80. The van der Waals surface area contributed by atoms with Gasteiger partial charge >= 0.3 is 0 Å². The molecule has 1 amide bonds. The van der Waals surface area contributed by atoms with E-state index in [0.29, 0.717) is 30.7 Å². The third-order valence-corrected chi connectivity index (χ3v) is 5.03. The first-order chi connectivity index (χ1) is 12.3. The summed E-state index contributed by atoms with van der Waals surface area (Å²) >= 11 is 5.49. The summed E-state index contributed by atoms with van der Waals surface area (Å²) < 4.78 is 13.7. The number of benzene rings is 1. The van der Waals surface area contributed by atoms with Crippen LogP contribution in [0.25, 0.3) is 0 Å². The van der Waals surface area contributed by atoms with Gasteiger partial charge in [0, 0.05) is 31.6 Å². The molecule has 1 aliphatic rings. The summed E-state index contributed by atoms with van der Waals surface area (Å²) in [6.07, 6.45) is 0.945. The Bertz CT molecular complexity index is 635. The molecule has 1 saturated heterocycles. The highest BCUT2D eigenvalue weighted by Gasteiger charge is 2.39. The summed E-state index contributed by atoms with van der Waals surface area (Å²) in [5, 5.41) is 6.94. The number of carbonyl (C=O) groups is 1. The van der Waals surface area contributed by atoms with E-state index in [0.717, 1.165) is 12.0 Å². The molecule has 1 aliphatic heterocycles. The molecule has 1 aromatic carbocycles. The van der Waals surface area contributed by atoms with Gasteiger partial charge < -0.3 is 15.5 Å². The van der Waals surface area contributed by atoms with Gasteiger partial charge in [-0.2, -0.15) is 0 Å². The molecule has 2 atom stereocenters. The summed E-state index contributed by atoms with van der Waals surface area (Å²) in [5.74, 6) is -0.0256. The van der Waals surface area contributed by atoms with E-state index in [4.69, 9.17) is 12.2 Å². The van der Waals surface area contributed by atoms with Crippen LogP contribution >= 0.6 is 12.2 Å².